The van der Waals surface area contributed by atoms with E-state index in [0.717, 1.165) is 24.5 Å². The molecule has 0 N–H and O–H groups in total. The number of azide groups is 1. The van der Waals surface area contributed by atoms with Gasteiger partial charge in [0.1, 0.15) is 12.4 Å². The Balaban J connectivity index is 1.97. The molecule has 0 unspecified atom stereocenters. The van der Waals surface area contributed by atoms with E-state index in [1.165, 1.54) is 18.2 Å². The van der Waals surface area contributed by atoms with Crippen LogP contribution in [0.2, 0.25) is 0 Å². The van der Waals surface area contributed by atoms with Crippen LogP contribution in [0.25, 0.3) is 10.4 Å². The topological polar surface area (TPSA) is 75.1 Å². The number of hydrogen-bond donors (Lipinski definition) is 0. The lowest BCUT2D eigenvalue weighted by atomic mass is 9.97. The third-order valence-corrected chi connectivity index (χ3v) is 4.41. The number of ether oxygens (including phenoxy) is 1. The lowest BCUT2D eigenvalue weighted by molar-refractivity contribution is -0.139. The zero-order valence-electron chi connectivity index (χ0n) is 14.5. The molecular weight excluding hydrogens is 359 g/mol. The Morgan fingerprint density at radius 1 is 1.30 bits per heavy atom. The Hall–Kier alpha value is -2.99. The highest BCUT2D eigenvalue weighted by Crippen LogP contribution is 2.43. The smallest absolute Gasteiger partial charge is 0.419 e. The average molecular weight is 375 g/mol. The van der Waals surface area contributed by atoms with E-state index in [-0.39, 0.29) is 23.8 Å². The molecule has 2 aromatic carbocycles. The number of amides is 1. The quantitative estimate of drug-likeness (QED) is 0.369. The van der Waals surface area contributed by atoms with Gasteiger partial charge in [-0.25, -0.2) is 0 Å². The van der Waals surface area contributed by atoms with Crippen LogP contribution in [0.15, 0.2) is 41.5 Å². The zero-order valence-corrected chi connectivity index (χ0v) is 14.5. The second kappa shape index (κ2) is 7.32. The van der Waals surface area contributed by atoms with Crippen molar-refractivity contribution >= 4 is 5.91 Å². The summed E-state index contributed by atoms with van der Waals surface area (Å²) in [5.74, 6) is -0.845. The molecule has 0 radical (unpaired) electrons. The largest absolute Gasteiger partial charge is 0.488 e. The fraction of sp³-hybridized carbons (Fsp3) is 0.316. The molecule has 0 aliphatic heterocycles. The molecule has 5 nitrogen and oxygen atoms in total. The highest BCUT2D eigenvalue weighted by atomic mass is 19.4. The minimum atomic E-state index is -4.55. The lowest BCUT2D eigenvalue weighted by Crippen LogP contribution is -2.12. The Kier molecular flexibility index (Phi) is 5.10. The van der Waals surface area contributed by atoms with Crippen LogP contribution in [0.5, 0.6) is 5.75 Å². The van der Waals surface area contributed by atoms with Gasteiger partial charge in [-0.05, 0) is 54.0 Å². The van der Waals surface area contributed by atoms with Gasteiger partial charge in [0.15, 0.2) is 0 Å². The van der Waals surface area contributed by atoms with E-state index in [2.05, 4.69) is 10.0 Å². The van der Waals surface area contributed by atoms with Crippen LogP contribution >= 0.6 is 0 Å². The normalized spacial score (nSPS) is 13.8. The van der Waals surface area contributed by atoms with Gasteiger partial charge in [-0.1, -0.05) is 29.8 Å². The maximum atomic E-state index is 13.3. The summed E-state index contributed by atoms with van der Waals surface area (Å²) in [5.41, 5.74) is 9.58. The Morgan fingerprint density at radius 3 is 2.67 bits per heavy atom. The van der Waals surface area contributed by atoms with Gasteiger partial charge in [0.25, 0.3) is 0 Å². The summed E-state index contributed by atoms with van der Waals surface area (Å²) in [7, 11) is 0. The molecule has 0 aromatic heterocycles. The summed E-state index contributed by atoms with van der Waals surface area (Å²) in [6.45, 7) is 1.35. The minimum absolute atomic E-state index is 0.151. The van der Waals surface area contributed by atoms with Crippen LogP contribution in [0, 0.1) is 6.92 Å². The summed E-state index contributed by atoms with van der Waals surface area (Å²) in [6, 6.07) is 8.80. The second-order valence-electron chi connectivity index (χ2n) is 6.43. The minimum Gasteiger partial charge on any atom is -0.488 e. The molecule has 0 saturated heterocycles. The van der Waals surface area contributed by atoms with Gasteiger partial charge in [0.05, 0.1) is 5.56 Å². The van der Waals surface area contributed by atoms with E-state index in [9.17, 15) is 18.0 Å². The van der Waals surface area contributed by atoms with E-state index >= 15 is 0 Å². The standard InChI is InChI=1S/C19H16F3N3O2/c1-11-5-8-17(16(9-11)19(20,21)22)27-10-15-13(12-6-7-12)3-2-4-14(15)18(26)24-25-23/h2-5,8-9,12H,6-7,10H2,1H3. The van der Waals surface area contributed by atoms with Crippen molar-refractivity contribution < 1.29 is 22.7 Å². The van der Waals surface area contributed by atoms with Gasteiger partial charge in [0, 0.05) is 16.0 Å². The number of carbonyl (C=O) groups excluding carboxylic acids is 1. The number of hydrogen-bond acceptors (Lipinski definition) is 2. The molecule has 27 heavy (non-hydrogen) atoms. The first-order chi connectivity index (χ1) is 12.8. The fourth-order valence-electron chi connectivity index (χ4n) is 2.98. The van der Waals surface area contributed by atoms with E-state index < -0.39 is 17.6 Å². The van der Waals surface area contributed by atoms with Crippen molar-refractivity contribution in [1.29, 1.82) is 0 Å². The number of rotatable bonds is 5. The van der Waals surface area contributed by atoms with Gasteiger partial charge in [-0.15, -0.1) is 0 Å². The summed E-state index contributed by atoms with van der Waals surface area (Å²) >= 11 is 0. The Labute approximate surface area is 153 Å². The van der Waals surface area contributed by atoms with Crippen molar-refractivity contribution in [1.82, 2.24) is 0 Å². The molecule has 2 aromatic rings. The highest BCUT2D eigenvalue weighted by molar-refractivity contribution is 5.96. The van der Waals surface area contributed by atoms with Crippen molar-refractivity contribution in [3.8, 4) is 5.75 Å². The number of carbonyl (C=O) groups is 1. The maximum Gasteiger partial charge on any atom is 0.419 e. The molecule has 0 atom stereocenters. The molecule has 1 aliphatic rings. The molecule has 140 valence electrons. The van der Waals surface area contributed by atoms with Gasteiger partial charge in [-0.3, -0.25) is 4.79 Å². The van der Waals surface area contributed by atoms with Crippen molar-refractivity contribution in [3.63, 3.8) is 0 Å². The summed E-state index contributed by atoms with van der Waals surface area (Å²) in [6.07, 6.45) is -2.68. The second-order valence-corrected chi connectivity index (χ2v) is 6.43. The predicted molar refractivity (Wildman–Crippen MR) is 92.4 cm³/mol. The lowest BCUT2D eigenvalue weighted by Gasteiger charge is -2.17. The first-order valence-corrected chi connectivity index (χ1v) is 8.33. The fourth-order valence-corrected chi connectivity index (χ4v) is 2.98. The Morgan fingerprint density at radius 2 is 2.04 bits per heavy atom. The molecule has 1 fully saturated rings. The summed E-state index contributed by atoms with van der Waals surface area (Å²) < 4.78 is 45.4. The number of halogens is 3. The average Bonchev–Trinajstić information content (AvgIpc) is 3.44. The molecule has 3 rings (SSSR count). The van der Waals surface area contributed by atoms with Crippen molar-refractivity contribution in [2.24, 2.45) is 5.11 Å². The van der Waals surface area contributed by atoms with Crippen LogP contribution in [-0.4, -0.2) is 5.91 Å². The third-order valence-electron chi connectivity index (χ3n) is 4.41. The molecule has 8 heteroatoms. The van der Waals surface area contributed by atoms with Gasteiger partial charge in [-0.2, -0.15) is 13.2 Å². The van der Waals surface area contributed by atoms with Crippen LogP contribution in [-0.2, 0) is 12.8 Å². The first-order valence-electron chi connectivity index (χ1n) is 8.33. The van der Waals surface area contributed by atoms with Crippen LogP contribution in [0.3, 0.4) is 0 Å². The van der Waals surface area contributed by atoms with Crippen molar-refractivity contribution in [2.75, 3.05) is 0 Å². The number of alkyl halides is 3. The first kappa shape index (κ1) is 18.8. The monoisotopic (exact) mass is 375 g/mol. The molecule has 1 aliphatic carbocycles. The van der Waals surface area contributed by atoms with E-state index in [1.54, 1.807) is 13.0 Å². The molecular formula is C19H16F3N3O2. The zero-order chi connectivity index (χ0) is 19.6. The molecule has 0 spiro atoms. The summed E-state index contributed by atoms with van der Waals surface area (Å²) in [4.78, 5) is 14.6. The summed E-state index contributed by atoms with van der Waals surface area (Å²) in [5, 5.41) is 3.11. The number of benzene rings is 2. The van der Waals surface area contributed by atoms with Crippen LogP contribution < -0.4 is 4.74 Å². The van der Waals surface area contributed by atoms with Crippen molar-refractivity contribution in [2.45, 2.75) is 38.5 Å². The predicted octanol–water partition coefficient (Wildman–Crippen LogP) is 5.92. The molecule has 1 amide bonds. The van der Waals surface area contributed by atoms with Crippen LogP contribution in [0.1, 0.15) is 51.4 Å². The molecule has 0 heterocycles. The van der Waals surface area contributed by atoms with E-state index in [4.69, 9.17) is 10.3 Å². The van der Waals surface area contributed by atoms with E-state index in [1.807, 2.05) is 6.07 Å². The van der Waals surface area contributed by atoms with E-state index in [0.29, 0.717) is 11.1 Å². The third kappa shape index (κ3) is 4.23. The van der Waals surface area contributed by atoms with Gasteiger partial charge in [0.2, 0.25) is 5.91 Å². The number of nitrogens with zero attached hydrogens (tertiary/aromatic N) is 3. The number of aryl methyl sites for hydroxylation is 1. The Bertz CT molecular complexity index is 930. The molecule has 1 saturated carbocycles. The maximum absolute atomic E-state index is 13.3. The van der Waals surface area contributed by atoms with Crippen LogP contribution in [0.4, 0.5) is 13.2 Å². The van der Waals surface area contributed by atoms with Crippen molar-refractivity contribution in [3.05, 3.63) is 74.7 Å². The molecule has 0 bridgehead atoms. The van der Waals surface area contributed by atoms with Gasteiger partial charge >= 0.3 is 6.18 Å². The van der Waals surface area contributed by atoms with Gasteiger partial charge < -0.3 is 4.74 Å². The highest BCUT2D eigenvalue weighted by Gasteiger charge is 2.35. The SMILES string of the molecule is Cc1ccc(OCc2c(C(=O)N=[N+]=[N-])cccc2C2CC2)c(C(F)(F)F)c1.